The van der Waals surface area contributed by atoms with Crippen molar-refractivity contribution < 1.29 is 4.42 Å². The molecule has 0 saturated carbocycles. The molecule has 11 aromatic rings. The first kappa shape index (κ1) is 28.8. The van der Waals surface area contributed by atoms with Gasteiger partial charge in [-0.3, -0.25) is 4.57 Å². The molecule has 0 aliphatic heterocycles. The first-order valence-electron chi connectivity index (χ1n) is 17.6. The Morgan fingerprint density at radius 3 is 1.81 bits per heavy atom. The molecule has 3 aromatic heterocycles. The Hall–Kier alpha value is -7.04. The third kappa shape index (κ3) is 4.28. The normalized spacial score (nSPS) is 11.8. The van der Waals surface area contributed by atoms with Gasteiger partial charge >= 0.3 is 0 Å². The highest BCUT2D eigenvalue weighted by Crippen LogP contribution is 2.45. The van der Waals surface area contributed by atoms with Crippen LogP contribution in [0.2, 0.25) is 0 Å². The van der Waals surface area contributed by atoms with Crippen molar-refractivity contribution in [1.29, 1.82) is 0 Å². The molecule has 4 heteroatoms. The maximum atomic E-state index is 6.76. The molecule has 0 aliphatic carbocycles. The molecular formula is C48H29N3O. The number of rotatable bonds is 4. The average Bonchev–Trinajstić information content (AvgIpc) is 3.77. The number of hydrogen-bond donors (Lipinski definition) is 0. The van der Waals surface area contributed by atoms with Crippen LogP contribution in [0.25, 0.3) is 105 Å². The zero-order valence-electron chi connectivity index (χ0n) is 28.0. The Bertz CT molecular complexity index is 3160. The molecule has 0 fully saturated rings. The zero-order chi connectivity index (χ0) is 34.2. The molecule has 242 valence electrons. The second kappa shape index (κ2) is 11.2. The largest absolute Gasteiger partial charge is 0.455 e. The van der Waals surface area contributed by atoms with E-state index in [-0.39, 0.29) is 0 Å². The fourth-order valence-electron chi connectivity index (χ4n) is 8.06. The van der Waals surface area contributed by atoms with Gasteiger partial charge in [0.25, 0.3) is 0 Å². The van der Waals surface area contributed by atoms with E-state index in [1.807, 2.05) is 12.1 Å². The second-order valence-corrected chi connectivity index (χ2v) is 13.3. The minimum atomic E-state index is 0.634. The summed E-state index contributed by atoms with van der Waals surface area (Å²) >= 11 is 0. The van der Waals surface area contributed by atoms with Crippen molar-refractivity contribution in [2.45, 2.75) is 0 Å². The first-order valence-corrected chi connectivity index (χ1v) is 17.6. The monoisotopic (exact) mass is 663 g/mol. The van der Waals surface area contributed by atoms with Crippen molar-refractivity contribution in [3.8, 4) is 39.5 Å². The highest BCUT2D eigenvalue weighted by atomic mass is 16.3. The topological polar surface area (TPSA) is 43.9 Å². The van der Waals surface area contributed by atoms with Crippen molar-refractivity contribution in [3.05, 3.63) is 176 Å². The van der Waals surface area contributed by atoms with Gasteiger partial charge in [0.15, 0.2) is 0 Å². The molecule has 0 atom stereocenters. The van der Waals surface area contributed by atoms with Crippen molar-refractivity contribution in [3.63, 3.8) is 0 Å². The van der Waals surface area contributed by atoms with E-state index >= 15 is 0 Å². The van der Waals surface area contributed by atoms with Crippen LogP contribution in [0.15, 0.2) is 180 Å². The Kier molecular flexibility index (Phi) is 6.22. The number of aromatic nitrogens is 3. The highest BCUT2D eigenvalue weighted by molar-refractivity contribution is 6.30. The van der Waals surface area contributed by atoms with Gasteiger partial charge in [-0.1, -0.05) is 146 Å². The van der Waals surface area contributed by atoms with Crippen molar-refractivity contribution in [1.82, 2.24) is 14.5 Å². The lowest BCUT2D eigenvalue weighted by atomic mass is 9.94. The van der Waals surface area contributed by atoms with Gasteiger partial charge in [-0.25, -0.2) is 9.97 Å². The Morgan fingerprint density at radius 2 is 1.02 bits per heavy atom. The van der Waals surface area contributed by atoms with Gasteiger partial charge < -0.3 is 4.42 Å². The summed E-state index contributed by atoms with van der Waals surface area (Å²) in [6.07, 6.45) is 0. The Balaban J connectivity index is 1.20. The van der Waals surface area contributed by atoms with Crippen LogP contribution < -0.4 is 0 Å². The van der Waals surface area contributed by atoms with Crippen molar-refractivity contribution in [2.24, 2.45) is 0 Å². The van der Waals surface area contributed by atoms with E-state index in [1.165, 1.54) is 27.6 Å². The molecule has 11 rings (SSSR count). The lowest BCUT2D eigenvalue weighted by Gasteiger charge is -2.12. The maximum Gasteiger partial charge on any atom is 0.235 e. The summed E-state index contributed by atoms with van der Waals surface area (Å²) in [6, 6.07) is 61.8. The summed E-state index contributed by atoms with van der Waals surface area (Å²) in [5.41, 5.74) is 11.4. The number of para-hydroxylation sites is 2. The summed E-state index contributed by atoms with van der Waals surface area (Å²) in [7, 11) is 0. The second-order valence-electron chi connectivity index (χ2n) is 13.3. The van der Waals surface area contributed by atoms with Gasteiger partial charge in [-0.05, 0) is 58.0 Å². The summed E-state index contributed by atoms with van der Waals surface area (Å²) in [4.78, 5) is 10.6. The quantitative estimate of drug-likeness (QED) is 0.188. The summed E-state index contributed by atoms with van der Waals surface area (Å²) in [6.45, 7) is 0. The smallest absolute Gasteiger partial charge is 0.235 e. The molecular weight excluding hydrogens is 635 g/mol. The van der Waals surface area contributed by atoms with Crippen LogP contribution in [0.5, 0.6) is 0 Å². The van der Waals surface area contributed by atoms with Crippen LogP contribution in [0.4, 0.5) is 0 Å². The molecule has 4 nitrogen and oxygen atoms in total. The zero-order valence-corrected chi connectivity index (χ0v) is 28.0. The average molecular weight is 664 g/mol. The molecule has 0 bridgehead atoms. The maximum absolute atomic E-state index is 6.76. The van der Waals surface area contributed by atoms with Crippen LogP contribution in [-0.2, 0) is 0 Å². The van der Waals surface area contributed by atoms with E-state index in [0.717, 1.165) is 71.3 Å². The van der Waals surface area contributed by atoms with E-state index in [0.29, 0.717) is 5.95 Å². The van der Waals surface area contributed by atoms with Crippen molar-refractivity contribution in [2.75, 3.05) is 0 Å². The van der Waals surface area contributed by atoms with E-state index in [4.69, 9.17) is 14.4 Å². The van der Waals surface area contributed by atoms with Gasteiger partial charge in [-0.2, -0.15) is 0 Å². The summed E-state index contributed by atoms with van der Waals surface area (Å²) in [5.74, 6) is 0.634. The van der Waals surface area contributed by atoms with E-state index < -0.39 is 0 Å². The van der Waals surface area contributed by atoms with E-state index in [1.54, 1.807) is 0 Å². The molecule has 0 spiro atoms. The summed E-state index contributed by atoms with van der Waals surface area (Å²) in [5, 5.41) is 7.75. The number of hydrogen-bond acceptors (Lipinski definition) is 3. The minimum Gasteiger partial charge on any atom is -0.455 e. The molecule has 0 saturated heterocycles. The molecule has 0 N–H and O–H groups in total. The van der Waals surface area contributed by atoms with E-state index in [9.17, 15) is 0 Å². The molecule has 0 aliphatic rings. The fourth-order valence-corrected chi connectivity index (χ4v) is 8.06. The molecule has 0 unspecified atom stereocenters. The predicted molar refractivity (Wildman–Crippen MR) is 215 cm³/mol. The molecule has 52 heavy (non-hydrogen) atoms. The van der Waals surface area contributed by atoms with Gasteiger partial charge in [0.1, 0.15) is 11.2 Å². The van der Waals surface area contributed by atoms with Crippen LogP contribution in [0.3, 0.4) is 0 Å². The predicted octanol–water partition coefficient (Wildman–Crippen LogP) is 12.8. The minimum absolute atomic E-state index is 0.634. The van der Waals surface area contributed by atoms with Crippen LogP contribution in [0, 0.1) is 0 Å². The van der Waals surface area contributed by atoms with Crippen LogP contribution in [0.1, 0.15) is 0 Å². The molecule has 3 heterocycles. The number of fused-ring (bicyclic) bond motifs is 10. The Morgan fingerprint density at radius 1 is 0.404 bits per heavy atom. The lowest BCUT2D eigenvalue weighted by Crippen LogP contribution is -2.03. The first-order chi connectivity index (χ1) is 25.8. The third-order valence-corrected chi connectivity index (χ3v) is 10.4. The van der Waals surface area contributed by atoms with E-state index in [2.05, 4.69) is 168 Å². The number of nitrogens with zero attached hydrogens (tertiary/aromatic N) is 3. The van der Waals surface area contributed by atoms with Crippen LogP contribution >= 0.6 is 0 Å². The SMILES string of the molecule is c1ccc(-c2ccc(-c3nc(-n4c5ccccc5c5c6c(ccc54)oc4c5ccccc5c(-c5ccccc5)cc46)nc4ccccc34)cc2)cc1. The Labute approximate surface area is 298 Å². The third-order valence-electron chi connectivity index (χ3n) is 10.4. The lowest BCUT2D eigenvalue weighted by molar-refractivity contribution is 0.673. The van der Waals surface area contributed by atoms with Gasteiger partial charge in [0.2, 0.25) is 5.95 Å². The standard InChI is InChI=1S/C48H29N3O/c1-3-13-30(14-4-1)31-23-25-33(26-24-31)46-36-19-9-11-21-40(36)49-48(50-46)51-41-22-12-10-20-37(41)44-42(51)27-28-43-45(44)39-29-38(32-15-5-2-6-16-32)34-17-7-8-18-35(34)47(39)52-43/h1-29H. The van der Waals surface area contributed by atoms with Gasteiger partial charge in [0, 0.05) is 37.9 Å². The van der Waals surface area contributed by atoms with Gasteiger partial charge in [0.05, 0.1) is 22.2 Å². The van der Waals surface area contributed by atoms with Gasteiger partial charge in [-0.15, -0.1) is 0 Å². The van der Waals surface area contributed by atoms with Crippen molar-refractivity contribution >= 4 is 65.4 Å². The van der Waals surface area contributed by atoms with Crippen LogP contribution in [-0.4, -0.2) is 14.5 Å². The fraction of sp³-hybridized carbons (Fsp3) is 0. The summed E-state index contributed by atoms with van der Waals surface area (Å²) < 4.78 is 8.98. The number of furan rings is 1. The molecule has 8 aromatic carbocycles. The highest BCUT2D eigenvalue weighted by Gasteiger charge is 2.22. The number of benzene rings is 8. The molecule has 0 amide bonds. The molecule has 0 radical (unpaired) electrons.